The van der Waals surface area contributed by atoms with Crippen LogP contribution in [0.3, 0.4) is 0 Å². The van der Waals surface area contributed by atoms with Crippen LogP contribution in [0.1, 0.15) is 37.3 Å². The molecule has 100 valence electrons. The third-order valence-corrected chi connectivity index (χ3v) is 3.03. The smallest absolute Gasteiger partial charge is 0.224 e. The molecule has 3 heteroatoms. The first-order valence-corrected chi connectivity index (χ1v) is 6.59. The van der Waals surface area contributed by atoms with Crippen molar-refractivity contribution in [1.29, 1.82) is 0 Å². The Kier molecular flexibility index (Phi) is 5.86. The van der Waals surface area contributed by atoms with Crippen LogP contribution in [-0.2, 0) is 4.79 Å². The van der Waals surface area contributed by atoms with Crippen LogP contribution in [0.25, 0.3) is 0 Å². The Hall–Kier alpha value is -1.35. The molecule has 0 spiro atoms. The molecule has 0 aliphatic heterocycles. The summed E-state index contributed by atoms with van der Waals surface area (Å²) >= 11 is 0. The number of benzene rings is 1. The van der Waals surface area contributed by atoms with Gasteiger partial charge in [0.1, 0.15) is 0 Å². The standard InChI is InChI=1S/C15H24N2O/c1-11(6-7-16)4-5-15(18)17-14-9-12(2)8-13(3)10-14/h8-11H,4-7,16H2,1-3H3,(H,17,18). The number of amides is 1. The molecule has 1 amide bonds. The van der Waals surface area contributed by atoms with E-state index in [0.29, 0.717) is 18.9 Å². The van der Waals surface area contributed by atoms with Crippen molar-refractivity contribution in [2.45, 2.75) is 40.0 Å². The van der Waals surface area contributed by atoms with Crippen molar-refractivity contribution in [3.8, 4) is 0 Å². The predicted octanol–water partition coefficient (Wildman–Crippen LogP) is 3.01. The van der Waals surface area contributed by atoms with Crippen molar-refractivity contribution < 1.29 is 4.79 Å². The molecular formula is C15H24N2O. The molecule has 0 heterocycles. The van der Waals surface area contributed by atoms with Gasteiger partial charge in [0.25, 0.3) is 0 Å². The van der Waals surface area contributed by atoms with Crippen molar-refractivity contribution in [1.82, 2.24) is 0 Å². The highest BCUT2D eigenvalue weighted by atomic mass is 16.1. The molecule has 1 atom stereocenters. The second-order valence-electron chi connectivity index (χ2n) is 5.15. The number of hydrogen-bond acceptors (Lipinski definition) is 2. The van der Waals surface area contributed by atoms with Crippen molar-refractivity contribution in [3.63, 3.8) is 0 Å². The molecule has 0 saturated carbocycles. The van der Waals surface area contributed by atoms with E-state index in [0.717, 1.165) is 18.5 Å². The lowest BCUT2D eigenvalue weighted by molar-refractivity contribution is -0.116. The zero-order valence-corrected chi connectivity index (χ0v) is 11.6. The minimum Gasteiger partial charge on any atom is -0.330 e. The predicted molar refractivity (Wildman–Crippen MR) is 76.6 cm³/mol. The maximum Gasteiger partial charge on any atom is 0.224 e. The van der Waals surface area contributed by atoms with Gasteiger partial charge in [0, 0.05) is 12.1 Å². The average molecular weight is 248 g/mol. The average Bonchev–Trinajstić information content (AvgIpc) is 2.25. The number of anilines is 1. The third kappa shape index (κ3) is 5.32. The molecule has 1 unspecified atom stereocenters. The maximum atomic E-state index is 11.8. The van der Waals surface area contributed by atoms with Crippen molar-refractivity contribution in [2.24, 2.45) is 11.7 Å². The van der Waals surface area contributed by atoms with E-state index >= 15 is 0 Å². The van der Waals surface area contributed by atoms with Crippen LogP contribution in [0.2, 0.25) is 0 Å². The number of nitrogens with one attached hydrogen (secondary N) is 1. The molecule has 18 heavy (non-hydrogen) atoms. The van der Waals surface area contributed by atoms with Crippen molar-refractivity contribution in [3.05, 3.63) is 29.3 Å². The van der Waals surface area contributed by atoms with E-state index in [1.54, 1.807) is 0 Å². The molecule has 3 N–H and O–H groups in total. The molecule has 1 aromatic rings. The monoisotopic (exact) mass is 248 g/mol. The number of rotatable bonds is 6. The summed E-state index contributed by atoms with van der Waals surface area (Å²) in [6, 6.07) is 6.08. The van der Waals surface area contributed by atoms with Gasteiger partial charge in [-0.25, -0.2) is 0 Å². The van der Waals surface area contributed by atoms with Gasteiger partial charge >= 0.3 is 0 Å². The Morgan fingerprint density at radius 1 is 1.22 bits per heavy atom. The highest BCUT2D eigenvalue weighted by Crippen LogP contribution is 2.15. The Labute approximate surface area is 110 Å². The lowest BCUT2D eigenvalue weighted by Gasteiger charge is -2.10. The molecule has 0 saturated heterocycles. The lowest BCUT2D eigenvalue weighted by Crippen LogP contribution is -2.14. The van der Waals surface area contributed by atoms with Gasteiger partial charge in [0.15, 0.2) is 0 Å². The first-order chi connectivity index (χ1) is 8.51. The van der Waals surface area contributed by atoms with Crippen LogP contribution < -0.4 is 11.1 Å². The summed E-state index contributed by atoms with van der Waals surface area (Å²) in [4.78, 5) is 11.8. The molecule has 0 aliphatic rings. The van der Waals surface area contributed by atoms with Crippen LogP contribution >= 0.6 is 0 Å². The van der Waals surface area contributed by atoms with Gasteiger partial charge in [-0.05, 0) is 62.4 Å². The van der Waals surface area contributed by atoms with Gasteiger partial charge in [-0.1, -0.05) is 13.0 Å². The molecule has 0 aromatic heterocycles. The second-order valence-corrected chi connectivity index (χ2v) is 5.15. The number of hydrogen-bond donors (Lipinski definition) is 2. The Morgan fingerprint density at radius 2 is 1.83 bits per heavy atom. The van der Waals surface area contributed by atoms with Gasteiger partial charge in [-0.15, -0.1) is 0 Å². The number of nitrogens with two attached hydrogens (primary N) is 1. The van der Waals surface area contributed by atoms with Crippen LogP contribution in [-0.4, -0.2) is 12.5 Å². The molecule has 3 nitrogen and oxygen atoms in total. The first kappa shape index (κ1) is 14.7. The van der Waals surface area contributed by atoms with Gasteiger partial charge in [0.05, 0.1) is 0 Å². The zero-order valence-electron chi connectivity index (χ0n) is 11.6. The summed E-state index contributed by atoms with van der Waals surface area (Å²) in [5, 5.41) is 2.95. The van der Waals surface area contributed by atoms with E-state index in [-0.39, 0.29) is 5.91 Å². The Morgan fingerprint density at radius 3 is 2.39 bits per heavy atom. The lowest BCUT2D eigenvalue weighted by atomic mass is 10.0. The number of carbonyl (C=O) groups is 1. The summed E-state index contributed by atoms with van der Waals surface area (Å²) in [7, 11) is 0. The molecule has 1 aromatic carbocycles. The van der Waals surface area contributed by atoms with Crippen molar-refractivity contribution in [2.75, 3.05) is 11.9 Å². The highest BCUT2D eigenvalue weighted by molar-refractivity contribution is 5.90. The van der Waals surface area contributed by atoms with Crippen LogP contribution in [0.15, 0.2) is 18.2 Å². The third-order valence-electron chi connectivity index (χ3n) is 3.03. The van der Waals surface area contributed by atoms with Gasteiger partial charge in [-0.3, -0.25) is 4.79 Å². The molecule has 0 aliphatic carbocycles. The van der Waals surface area contributed by atoms with E-state index in [1.807, 2.05) is 26.0 Å². The van der Waals surface area contributed by atoms with E-state index in [4.69, 9.17) is 5.73 Å². The fourth-order valence-electron chi connectivity index (χ4n) is 2.08. The summed E-state index contributed by atoms with van der Waals surface area (Å²) < 4.78 is 0. The quantitative estimate of drug-likeness (QED) is 0.813. The number of aryl methyl sites for hydroxylation is 2. The molecular weight excluding hydrogens is 224 g/mol. The van der Waals surface area contributed by atoms with E-state index < -0.39 is 0 Å². The molecule has 0 radical (unpaired) electrons. The van der Waals surface area contributed by atoms with Gasteiger partial charge < -0.3 is 11.1 Å². The van der Waals surface area contributed by atoms with Crippen LogP contribution in [0, 0.1) is 19.8 Å². The van der Waals surface area contributed by atoms with Crippen molar-refractivity contribution >= 4 is 11.6 Å². The summed E-state index contributed by atoms with van der Waals surface area (Å²) in [5.41, 5.74) is 8.72. The highest BCUT2D eigenvalue weighted by Gasteiger charge is 2.07. The number of carbonyl (C=O) groups excluding carboxylic acids is 1. The summed E-state index contributed by atoms with van der Waals surface area (Å²) in [5.74, 6) is 0.601. The van der Waals surface area contributed by atoms with Crippen LogP contribution in [0.4, 0.5) is 5.69 Å². The molecule has 1 rings (SSSR count). The first-order valence-electron chi connectivity index (χ1n) is 6.59. The molecule has 0 bridgehead atoms. The fraction of sp³-hybridized carbons (Fsp3) is 0.533. The Bertz CT molecular complexity index is 381. The van der Waals surface area contributed by atoms with E-state index in [1.165, 1.54) is 11.1 Å². The molecule has 0 fully saturated rings. The SMILES string of the molecule is Cc1cc(C)cc(NC(=O)CCC(C)CCN)c1. The second kappa shape index (κ2) is 7.17. The minimum atomic E-state index is 0.0869. The summed E-state index contributed by atoms with van der Waals surface area (Å²) in [6.07, 6.45) is 2.44. The van der Waals surface area contributed by atoms with Crippen LogP contribution in [0.5, 0.6) is 0 Å². The fourth-order valence-corrected chi connectivity index (χ4v) is 2.08. The minimum absolute atomic E-state index is 0.0869. The van der Waals surface area contributed by atoms with E-state index in [2.05, 4.69) is 18.3 Å². The topological polar surface area (TPSA) is 55.1 Å². The zero-order chi connectivity index (χ0) is 13.5. The van der Waals surface area contributed by atoms with Gasteiger partial charge in [0.2, 0.25) is 5.91 Å². The maximum absolute atomic E-state index is 11.8. The largest absolute Gasteiger partial charge is 0.330 e. The normalized spacial score (nSPS) is 12.2. The summed E-state index contributed by atoms with van der Waals surface area (Å²) in [6.45, 7) is 6.90. The Balaban J connectivity index is 2.44. The van der Waals surface area contributed by atoms with Gasteiger partial charge in [-0.2, -0.15) is 0 Å². The van der Waals surface area contributed by atoms with E-state index in [9.17, 15) is 4.79 Å².